The van der Waals surface area contributed by atoms with Crippen LogP contribution in [0.5, 0.6) is 0 Å². The van der Waals surface area contributed by atoms with Crippen molar-refractivity contribution in [3.63, 3.8) is 0 Å². The fraction of sp³-hybridized carbons (Fsp3) is 0.0877. The van der Waals surface area contributed by atoms with Gasteiger partial charge in [-0.2, -0.15) is 13.2 Å². The number of fused-ring (bicyclic) bond motifs is 3. The molecule has 306 valence electrons. The molecule has 0 N–H and O–H groups in total. The summed E-state index contributed by atoms with van der Waals surface area (Å²) in [6.07, 6.45) is -4.49. The maximum Gasteiger partial charge on any atom is 0.416 e. The number of halogens is 3. The van der Waals surface area contributed by atoms with Crippen molar-refractivity contribution in [2.45, 2.75) is 33.9 Å². The molecule has 6 heteroatoms. The van der Waals surface area contributed by atoms with Crippen molar-refractivity contribution >= 4 is 21.8 Å². The third-order valence-corrected chi connectivity index (χ3v) is 12.0. The van der Waals surface area contributed by atoms with Crippen molar-refractivity contribution in [1.82, 2.24) is 14.5 Å². The van der Waals surface area contributed by atoms with Crippen LogP contribution in [0.1, 0.15) is 27.8 Å². The van der Waals surface area contributed by atoms with Gasteiger partial charge in [0.1, 0.15) is 0 Å². The van der Waals surface area contributed by atoms with Gasteiger partial charge in [-0.25, -0.2) is 9.97 Å². The van der Waals surface area contributed by atoms with Crippen LogP contribution in [0.2, 0.25) is 0 Å². The second-order valence-electron chi connectivity index (χ2n) is 16.4. The summed E-state index contributed by atoms with van der Waals surface area (Å²) in [5.74, 6) is 0.499. The van der Waals surface area contributed by atoms with Crippen molar-refractivity contribution in [1.29, 1.82) is 0 Å². The third kappa shape index (κ3) is 7.38. The van der Waals surface area contributed by atoms with Crippen LogP contribution in [0.15, 0.2) is 182 Å². The van der Waals surface area contributed by atoms with E-state index in [0.29, 0.717) is 11.4 Å². The minimum atomic E-state index is -4.49. The average molecular weight is 826 g/mol. The highest BCUT2D eigenvalue weighted by Gasteiger charge is 2.31. The average Bonchev–Trinajstić information content (AvgIpc) is 3.62. The maximum atomic E-state index is 14.1. The van der Waals surface area contributed by atoms with E-state index in [1.54, 1.807) is 12.1 Å². The molecule has 0 radical (unpaired) electrons. The van der Waals surface area contributed by atoms with Crippen LogP contribution in [0.25, 0.3) is 94.8 Å². The first-order valence-corrected chi connectivity index (χ1v) is 21.0. The van der Waals surface area contributed by atoms with Gasteiger partial charge in [-0.1, -0.05) is 145 Å². The molecule has 0 atom stereocenters. The first kappa shape index (κ1) is 39.6. The molecule has 0 unspecified atom stereocenters. The lowest BCUT2D eigenvalue weighted by Crippen LogP contribution is -2.05. The second kappa shape index (κ2) is 15.7. The lowest BCUT2D eigenvalue weighted by atomic mass is 9.91. The minimum absolute atomic E-state index is 0.499. The van der Waals surface area contributed by atoms with E-state index in [9.17, 15) is 13.2 Å². The molecule has 8 aromatic carbocycles. The molecule has 0 bridgehead atoms. The van der Waals surface area contributed by atoms with Crippen LogP contribution in [0.3, 0.4) is 0 Å². The van der Waals surface area contributed by atoms with Gasteiger partial charge in [0.05, 0.1) is 33.7 Å². The van der Waals surface area contributed by atoms with E-state index < -0.39 is 11.7 Å². The van der Waals surface area contributed by atoms with Crippen molar-refractivity contribution < 1.29 is 13.2 Å². The molecule has 0 spiro atoms. The van der Waals surface area contributed by atoms with Crippen molar-refractivity contribution in [2.24, 2.45) is 0 Å². The van der Waals surface area contributed by atoms with E-state index in [1.807, 2.05) is 78.9 Å². The Balaban J connectivity index is 1.31. The lowest BCUT2D eigenvalue weighted by Gasteiger charge is -2.21. The molecule has 10 rings (SSSR count). The Morgan fingerprint density at radius 1 is 0.413 bits per heavy atom. The van der Waals surface area contributed by atoms with Gasteiger partial charge in [-0.3, -0.25) is 0 Å². The molecule has 0 amide bonds. The van der Waals surface area contributed by atoms with Crippen molar-refractivity contribution in [2.75, 3.05) is 0 Å². The van der Waals surface area contributed by atoms with Crippen LogP contribution >= 0.6 is 0 Å². The van der Waals surface area contributed by atoms with Crippen LogP contribution in [-0.2, 0) is 6.18 Å². The Morgan fingerprint density at radius 2 is 0.921 bits per heavy atom. The lowest BCUT2D eigenvalue weighted by molar-refractivity contribution is -0.137. The normalized spacial score (nSPS) is 11.7. The SMILES string of the molecule is Cc1ccc(-c2cc(-c3nc(-c4ccccc4)cc(-c4ccccc4)n3)cc(-c3ccc(C(F)(F)F)cc3)c2-n2c3ccccc3c3cc(-c4c(C)cc(C)cc4C)ccc32)cc1. The highest BCUT2D eigenvalue weighted by atomic mass is 19.4. The summed E-state index contributed by atoms with van der Waals surface area (Å²) in [6, 6.07) is 59.6. The summed E-state index contributed by atoms with van der Waals surface area (Å²) < 4.78 is 44.7. The number of rotatable bonds is 7. The number of aromatic nitrogens is 3. The van der Waals surface area contributed by atoms with Crippen LogP contribution in [-0.4, -0.2) is 14.5 Å². The van der Waals surface area contributed by atoms with Crippen molar-refractivity contribution in [3.8, 4) is 73.0 Å². The summed E-state index contributed by atoms with van der Waals surface area (Å²) >= 11 is 0. The quantitative estimate of drug-likeness (QED) is 0.160. The van der Waals surface area contributed by atoms with Gasteiger partial charge >= 0.3 is 6.18 Å². The second-order valence-corrected chi connectivity index (χ2v) is 16.4. The zero-order chi connectivity index (χ0) is 43.4. The fourth-order valence-electron chi connectivity index (χ4n) is 9.11. The molecule has 3 nitrogen and oxygen atoms in total. The van der Waals surface area contributed by atoms with Crippen LogP contribution in [0.4, 0.5) is 13.2 Å². The van der Waals surface area contributed by atoms with E-state index in [1.165, 1.54) is 34.4 Å². The maximum absolute atomic E-state index is 14.1. The van der Waals surface area contributed by atoms with E-state index in [-0.39, 0.29) is 0 Å². The number of aryl methyl sites for hydroxylation is 4. The Labute approximate surface area is 364 Å². The van der Waals surface area contributed by atoms with Crippen molar-refractivity contribution in [3.05, 3.63) is 210 Å². The Morgan fingerprint density at radius 3 is 1.49 bits per heavy atom. The summed E-state index contributed by atoms with van der Waals surface area (Å²) in [5.41, 5.74) is 16.5. The van der Waals surface area contributed by atoms with Gasteiger partial charge in [0, 0.05) is 38.6 Å². The van der Waals surface area contributed by atoms with Gasteiger partial charge in [-0.05, 0) is 110 Å². The van der Waals surface area contributed by atoms with Gasteiger partial charge < -0.3 is 4.57 Å². The Bertz CT molecular complexity index is 3250. The summed E-state index contributed by atoms with van der Waals surface area (Å²) in [6.45, 7) is 8.51. The van der Waals surface area contributed by atoms with Crippen LogP contribution in [0, 0.1) is 27.7 Å². The smallest absolute Gasteiger partial charge is 0.308 e. The highest BCUT2D eigenvalue weighted by molar-refractivity contribution is 6.12. The molecular weight excluding hydrogens is 784 g/mol. The molecule has 2 heterocycles. The molecule has 63 heavy (non-hydrogen) atoms. The molecule has 0 aliphatic heterocycles. The number of hydrogen-bond acceptors (Lipinski definition) is 2. The monoisotopic (exact) mass is 825 g/mol. The summed E-state index contributed by atoms with van der Waals surface area (Å²) in [7, 11) is 0. The number of hydrogen-bond donors (Lipinski definition) is 0. The first-order valence-electron chi connectivity index (χ1n) is 21.0. The number of alkyl halides is 3. The Hall–Kier alpha value is -7.57. The topological polar surface area (TPSA) is 30.7 Å². The fourth-order valence-corrected chi connectivity index (χ4v) is 9.11. The highest BCUT2D eigenvalue weighted by Crippen LogP contribution is 2.45. The predicted octanol–water partition coefficient (Wildman–Crippen LogP) is 15.8. The third-order valence-electron chi connectivity index (χ3n) is 12.0. The van der Waals surface area contributed by atoms with E-state index in [2.05, 4.69) is 111 Å². The van der Waals surface area contributed by atoms with E-state index in [0.717, 1.165) is 83.4 Å². The molecule has 0 aliphatic rings. The number of para-hydroxylation sites is 1. The van der Waals surface area contributed by atoms with Gasteiger partial charge in [-0.15, -0.1) is 0 Å². The Kier molecular flexibility index (Phi) is 9.87. The number of nitrogens with zero attached hydrogens (tertiary/aromatic N) is 3. The van der Waals surface area contributed by atoms with Crippen LogP contribution < -0.4 is 0 Å². The largest absolute Gasteiger partial charge is 0.416 e. The van der Waals surface area contributed by atoms with Gasteiger partial charge in [0.15, 0.2) is 5.82 Å². The summed E-state index contributed by atoms with van der Waals surface area (Å²) in [4.78, 5) is 10.4. The first-order chi connectivity index (χ1) is 30.5. The number of benzene rings is 8. The predicted molar refractivity (Wildman–Crippen MR) is 253 cm³/mol. The molecule has 2 aromatic heterocycles. The standard InChI is InChI=1S/C57H42F3N3/c1-35-19-21-39(22-20-35)47-32-44(56-61-50(41-13-7-5-8-14-41)34-51(62-56)42-15-9-6-10-16-42)33-48(40-23-26-45(27-24-40)57(58,59)60)55(47)63-52-18-12-11-17-46(52)49-31-43(25-28-53(49)63)54-37(3)29-36(2)30-38(54)4/h5-34H,1-4H3. The molecule has 0 saturated carbocycles. The molecule has 0 aliphatic carbocycles. The van der Waals surface area contributed by atoms with E-state index in [4.69, 9.17) is 9.97 Å². The summed E-state index contributed by atoms with van der Waals surface area (Å²) in [5, 5.41) is 2.15. The molecular formula is C57H42F3N3. The zero-order valence-corrected chi connectivity index (χ0v) is 35.3. The minimum Gasteiger partial charge on any atom is -0.308 e. The molecule has 10 aromatic rings. The molecule has 0 saturated heterocycles. The van der Waals surface area contributed by atoms with Gasteiger partial charge in [0.2, 0.25) is 0 Å². The molecule has 0 fully saturated rings. The zero-order valence-electron chi connectivity index (χ0n) is 35.3. The van der Waals surface area contributed by atoms with E-state index >= 15 is 0 Å². The van der Waals surface area contributed by atoms with Gasteiger partial charge in [0.25, 0.3) is 0 Å².